The van der Waals surface area contributed by atoms with Crippen molar-refractivity contribution in [3.8, 4) is 0 Å². The molecule has 0 amide bonds. The SMILES string of the molecule is CN(C)P(=[Se])(N(C)C)n1cccc1. The molecule has 0 radical (unpaired) electrons. The molecule has 0 unspecified atom stereocenters. The number of hydrogen-bond donors (Lipinski definition) is 0. The van der Waals surface area contributed by atoms with Gasteiger partial charge in [-0.2, -0.15) is 0 Å². The summed E-state index contributed by atoms with van der Waals surface area (Å²) in [5.41, 5.74) is 0. The van der Waals surface area contributed by atoms with E-state index in [1.54, 1.807) is 0 Å². The molecule has 0 spiro atoms. The maximum atomic E-state index is 3.32. The Morgan fingerprint density at radius 2 is 1.38 bits per heavy atom. The van der Waals surface area contributed by atoms with E-state index in [9.17, 15) is 0 Å². The molecule has 0 saturated heterocycles. The Bertz CT molecular complexity index is 293. The van der Waals surface area contributed by atoms with Crippen LogP contribution in [0, 0.1) is 0 Å². The quantitative estimate of drug-likeness (QED) is 0.602. The summed E-state index contributed by atoms with van der Waals surface area (Å²) in [4.78, 5) is 0. The molecule has 3 nitrogen and oxygen atoms in total. The first-order valence-corrected chi connectivity index (χ1v) is 7.95. The van der Waals surface area contributed by atoms with Crippen molar-refractivity contribution in [3.05, 3.63) is 24.5 Å². The normalized spacial score (nSPS) is 12.8. The maximum absolute atomic E-state index is 3.32. The van der Waals surface area contributed by atoms with Crippen LogP contribution in [-0.4, -0.2) is 57.0 Å². The third-order valence-corrected chi connectivity index (χ3v) is 10.2. The molecule has 1 aromatic rings. The zero-order chi connectivity index (χ0) is 10.1. The fraction of sp³-hybridized carbons (Fsp3) is 0.500. The molecule has 0 N–H and O–H groups in total. The van der Waals surface area contributed by atoms with E-state index in [4.69, 9.17) is 0 Å². The van der Waals surface area contributed by atoms with Crippen molar-refractivity contribution < 1.29 is 0 Å². The van der Waals surface area contributed by atoms with Gasteiger partial charge in [-0.3, -0.25) is 0 Å². The summed E-state index contributed by atoms with van der Waals surface area (Å²) in [6.07, 6.45) is 4.20. The van der Waals surface area contributed by atoms with Crippen molar-refractivity contribution >= 4 is 21.1 Å². The first kappa shape index (κ1) is 11.2. The average molecular weight is 264 g/mol. The van der Waals surface area contributed by atoms with Gasteiger partial charge < -0.3 is 0 Å². The van der Waals surface area contributed by atoms with Gasteiger partial charge in [0.05, 0.1) is 0 Å². The van der Waals surface area contributed by atoms with Crippen molar-refractivity contribution in [1.29, 1.82) is 0 Å². The molecular weight excluding hydrogens is 248 g/mol. The monoisotopic (exact) mass is 265 g/mol. The minimum absolute atomic E-state index is 1.46. The van der Waals surface area contributed by atoms with Crippen LogP contribution in [0.1, 0.15) is 0 Å². The van der Waals surface area contributed by atoms with Crippen LogP contribution in [0.5, 0.6) is 0 Å². The summed E-state index contributed by atoms with van der Waals surface area (Å²) in [5, 5.41) is 0. The number of aromatic nitrogens is 1. The summed E-state index contributed by atoms with van der Waals surface area (Å²) in [6.45, 7) is 0. The second-order valence-corrected chi connectivity index (χ2v) is 9.44. The zero-order valence-corrected chi connectivity index (χ0v) is 11.1. The molecule has 0 aliphatic heterocycles. The third kappa shape index (κ3) is 1.98. The topological polar surface area (TPSA) is 11.4 Å². The molecule has 1 heterocycles. The Kier molecular flexibility index (Phi) is 3.56. The van der Waals surface area contributed by atoms with E-state index >= 15 is 0 Å². The summed E-state index contributed by atoms with van der Waals surface area (Å²) in [5.74, 6) is -1.46. The molecule has 1 aromatic heterocycles. The van der Waals surface area contributed by atoms with E-state index in [0.717, 1.165) is 0 Å². The summed E-state index contributed by atoms with van der Waals surface area (Å²) >= 11 is 3.32. The van der Waals surface area contributed by atoms with Crippen LogP contribution < -0.4 is 0 Å². The van der Waals surface area contributed by atoms with Gasteiger partial charge >= 0.3 is 87.5 Å². The average Bonchev–Trinajstić information content (AvgIpc) is 2.54. The van der Waals surface area contributed by atoms with Crippen LogP contribution in [0.25, 0.3) is 0 Å². The van der Waals surface area contributed by atoms with Gasteiger partial charge in [0.15, 0.2) is 0 Å². The van der Waals surface area contributed by atoms with Crippen molar-refractivity contribution in [3.63, 3.8) is 0 Å². The summed E-state index contributed by atoms with van der Waals surface area (Å²) in [7, 11) is 8.41. The van der Waals surface area contributed by atoms with Gasteiger partial charge in [-0.25, -0.2) is 0 Å². The van der Waals surface area contributed by atoms with E-state index in [1.807, 2.05) is 0 Å². The minimum atomic E-state index is -1.46. The Labute approximate surface area is 87.7 Å². The van der Waals surface area contributed by atoms with Crippen LogP contribution in [0.4, 0.5) is 0 Å². The van der Waals surface area contributed by atoms with Gasteiger partial charge in [-0.05, 0) is 0 Å². The second-order valence-electron chi connectivity index (χ2n) is 3.27. The first-order valence-electron chi connectivity index (χ1n) is 4.09. The molecule has 1 rings (SSSR count). The summed E-state index contributed by atoms with van der Waals surface area (Å²) < 4.78 is 6.73. The van der Waals surface area contributed by atoms with Crippen LogP contribution in [0.15, 0.2) is 24.5 Å². The molecule has 0 atom stereocenters. The molecular formula is C8H16N3PSe. The number of hydrogen-bond acceptors (Lipinski definition) is 2. The molecule has 13 heavy (non-hydrogen) atoms. The Morgan fingerprint density at radius 1 is 1.00 bits per heavy atom. The second kappa shape index (κ2) is 4.12. The Balaban J connectivity index is 3.14. The van der Waals surface area contributed by atoms with Gasteiger partial charge in [0.25, 0.3) is 0 Å². The molecule has 74 valence electrons. The van der Waals surface area contributed by atoms with Crippen molar-refractivity contribution in [2.75, 3.05) is 28.2 Å². The van der Waals surface area contributed by atoms with E-state index < -0.39 is 5.96 Å². The standard InChI is InChI=1S/C8H16N3PSe/c1-9(2)12(13,10(3)4)11-7-5-6-8-11/h5-8H,1-4H3. The van der Waals surface area contributed by atoms with Gasteiger partial charge in [0, 0.05) is 0 Å². The van der Waals surface area contributed by atoms with Crippen molar-refractivity contribution in [1.82, 2.24) is 13.7 Å². The fourth-order valence-electron chi connectivity index (χ4n) is 1.27. The predicted molar refractivity (Wildman–Crippen MR) is 59.9 cm³/mol. The number of nitrogens with zero attached hydrogens (tertiary/aromatic N) is 3. The molecule has 0 saturated carbocycles. The van der Waals surface area contributed by atoms with Gasteiger partial charge in [-0.15, -0.1) is 0 Å². The van der Waals surface area contributed by atoms with E-state index in [2.05, 4.69) is 81.5 Å². The van der Waals surface area contributed by atoms with Gasteiger partial charge in [-0.1, -0.05) is 0 Å². The van der Waals surface area contributed by atoms with Crippen LogP contribution in [0.3, 0.4) is 0 Å². The molecule has 0 aromatic carbocycles. The molecule has 5 heteroatoms. The van der Waals surface area contributed by atoms with Gasteiger partial charge in [0.2, 0.25) is 0 Å². The number of rotatable bonds is 3. The van der Waals surface area contributed by atoms with Crippen LogP contribution in [0.2, 0.25) is 0 Å². The Morgan fingerprint density at radius 3 is 1.69 bits per heavy atom. The fourth-order valence-corrected chi connectivity index (χ4v) is 4.00. The van der Waals surface area contributed by atoms with E-state index in [-0.39, 0.29) is 0 Å². The van der Waals surface area contributed by atoms with Crippen LogP contribution >= 0.6 is 5.96 Å². The van der Waals surface area contributed by atoms with Crippen molar-refractivity contribution in [2.45, 2.75) is 0 Å². The van der Waals surface area contributed by atoms with E-state index in [1.165, 1.54) is 0 Å². The first-order chi connectivity index (χ1) is 5.99. The third-order valence-electron chi connectivity index (χ3n) is 1.93. The zero-order valence-electron chi connectivity index (χ0n) is 8.51. The molecule has 0 aliphatic carbocycles. The van der Waals surface area contributed by atoms with Crippen LogP contribution in [-0.2, 0) is 0 Å². The van der Waals surface area contributed by atoms with Crippen molar-refractivity contribution in [2.24, 2.45) is 0 Å². The predicted octanol–water partition coefficient (Wildman–Crippen LogP) is 1.31. The molecule has 0 fully saturated rings. The molecule has 0 aliphatic rings. The van der Waals surface area contributed by atoms with E-state index in [0.29, 0.717) is 0 Å². The van der Waals surface area contributed by atoms with Gasteiger partial charge in [0.1, 0.15) is 0 Å². The Hall–Kier alpha value is 0.149. The summed E-state index contributed by atoms with van der Waals surface area (Å²) in [6, 6.07) is 4.11. The molecule has 0 bridgehead atoms.